The number of nitrogens with one attached hydrogen (secondary N) is 1. The average molecular weight is 270 g/mol. The van der Waals surface area contributed by atoms with E-state index >= 15 is 0 Å². The SMILES string of the molecule is CC(C)NC(=O)CC(CN)N(C)C1CCN(C)CC1. The lowest BCUT2D eigenvalue weighted by Crippen LogP contribution is -2.50. The molecule has 0 aromatic heterocycles. The topological polar surface area (TPSA) is 61.6 Å². The van der Waals surface area contributed by atoms with Crippen LogP contribution in [0.1, 0.15) is 33.1 Å². The minimum Gasteiger partial charge on any atom is -0.354 e. The van der Waals surface area contributed by atoms with Gasteiger partial charge in [-0.2, -0.15) is 0 Å². The van der Waals surface area contributed by atoms with E-state index in [4.69, 9.17) is 5.73 Å². The van der Waals surface area contributed by atoms with E-state index < -0.39 is 0 Å². The largest absolute Gasteiger partial charge is 0.354 e. The third-order valence-electron chi connectivity index (χ3n) is 3.98. The van der Waals surface area contributed by atoms with E-state index in [0.29, 0.717) is 19.0 Å². The summed E-state index contributed by atoms with van der Waals surface area (Å²) in [5.41, 5.74) is 5.85. The summed E-state index contributed by atoms with van der Waals surface area (Å²) in [4.78, 5) is 16.5. The average Bonchev–Trinajstić information content (AvgIpc) is 2.35. The molecule has 0 bridgehead atoms. The van der Waals surface area contributed by atoms with Gasteiger partial charge in [0.1, 0.15) is 0 Å². The fourth-order valence-electron chi connectivity index (χ4n) is 2.69. The van der Waals surface area contributed by atoms with Gasteiger partial charge in [0.2, 0.25) is 5.91 Å². The van der Waals surface area contributed by atoms with Crippen molar-refractivity contribution in [3.8, 4) is 0 Å². The van der Waals surface area contributed by atoms with Crippen LogP contribution in [0.25, 0.3) is 0 Å². The second-order valence-electron chi connectivity index (χ2n) is 6.02. The molecule has 3 N–H and O–H groups in total. The van der Waals surface area contributed by atoms with Crippen molar-refractivity contribution in [1.82, 2.24) is 15.1 Å². The highest BCUT2D eigenvalue weighted by Crippen LogP contribution is 2.17. The Hall–Kier alpha value is -0.650. The van der Waals surface area contributed by atoms with Crippen LogP contribution in [0.4, 0.5) is 0 Å². The minimum absolute atomic E-state index is 0.102. The predicted octanol–water partition coefficient (Wildman–Crippen LogP) is 0.254. The first kappa shape index (κ1) is 16.4. The number of nitrogens with two attached hydrogens (primary N) is 1. The lowest BCUT2D eigenvalue weighted by Gasteiger charge is -2.39. The zero-order valence-electron chi connectivity index (χ0n) is 12.9. The summed E-state index contributed by atoms with van der Waals surface area (Å²) in [5, 5.41) is 2.94. The number of carbonyl (C=O) groups excluding carboxylic acids is 1. The maximum absolute atomic E-state index is 11.9. The zero-order chi connectivity index (χ0) is 14.4. The molecule has 0 radical (unpaired) electrons. The normalized spacial score (nSPS) is 19.9. The Bertz CT molecular complexity index is 275. The number of likely N-dealkylation sites (tertiary alicyclic amines) is 1. The Balaban J connectivity index is 2.46. The monoisotopic (exact) mass is 270 g/mol. The number of rotatable bonds is 6. The lowest BCUT2D eigenvalue weighted by atomic mass is 10.0. The summed E-state index contributed by atoms with van der Waals surface area (Å²) in [5.74, 6) is 0.102. The molecule has 1 saturated heterocycles. The van der Waals surface area contributed by atoms with Gasteiger partial charge in [-0.1, -0.05) is 0 Å². The Labute approximate surface area is 117 Å². The summed E-state index contributed by atoms with van der Waals surface area (Å²) in [6.45, 7) is 6.76. The molecular weight excluding hydrogens is 240 g/mol. The molecule has 1 atom stereocenters. The fraction of sp³-hybridized carbons (Fsp3) is 0.929. The van der Waals surface area contributed by atoms with Crippen molar-refractivity contribution in [1.29, 1.82) is 0 Å². The Morgan fingerprint density at radius 1 is 1.42 bits per heavy atom. The molecule has 19 heavy (non-hydrogen) atoms. The van der Waals surface area contributed by atoms with E-state index in [-0.39, 0.29) is 18.0 Å². The molecule has 0 aromatic rings. The third kappa shape index (κ3) is 5.47. The van der Waals surface area contributed by atoms with Gasteiger partial charge in [-0.05, 0) is 53.9 Å². The van der Waals surface area contributed by atoms with Crippen molar-refractivity contribution in [3.63, 3.8) is 0 Å². The van der Waals surface area contributed by atoms with E-state index in [9.17, 15) is 4.79 Å². The van der Waals surface area contributed by atoms with Gasteiger partial charge in [-0.25, -0.2) is 0 Å². The minimum atomic E-state index is 0.102. The van der Waals surface area contributed by atoms with Crippen molar-refractivity contribution >= 4 is 5.91 Å². The summed E-state index contributed by atoms with van der Waals surface area (Å²) in [7, 11) is 4.27. The molecule has 1 aliphatic rings. The molecular formula is C14H30N4O. The molecule has 1 amide bonds. The van der Waals surface area contributed by atoms with E-state index in [1.807, 2.05) is 13.8 Å². The first-order chi connectivity index (χ1) is 8.93. The molecule has 5 nitrogen and oxygen atoms in total. The molecule has 0 aliphatic carbocycles. The van der Waals surface area contributed by atoms with Gasteiger partial charge in [0, 0.05) is 31.1 Å². The van der Waals surface area contributed by atoms with Gasteiger partial charge >= 0.3 is 0 Å². The number of hydrogen-bond acceptors (Lipinski definition) is 4. The first-order valence-electron chi connectivity index (χ1n) is 7.34. The second-order valence-corrected chi connectivity index (χ2v) is 6.02. The van der Waals surface area contributed by atoms with Crippen LogP contribution in [0.3, 0.4) is 0 Å². The molecule has 1 aliphatic heterocycles. The first-order valence-corrected chi connectivity index (χ1v) is 7.34. The van der Waals surface area contributed by atoms with Crippen LogP contribution in [0.5, 0.6) is 0 Å². The molecule has 1 fully saturated rings. The van der Waals surface area contributed by atoms with Crippen LogP contribution < -0.4 is 11.1 Å². The highest BCUT2D eigenvalue weighted by molar-refractivity contribution is 5.76. The molecule has 0 saturated carbocycles. The number of carbonyl (C=O) groups is 1. The van der Waals surface area contributed by atoms with Crippen LogP contribution in [-0.4, -0.2) is 67.6 Å². The summed E-state index contributed by atoms with van der Waals surface area (Å²) < 4.78 is 0. The number of likely N-dealkylation sites (N-methyl/N-ethyl adjacent to an activating group) is 1. The molecule has 0 aromatic carbocycles. The number of nitrogens with zero attached hydrogens (tertiary/aromatic N) is 2. The van der Waals surface area contributed by atoms with Gasteiger partial charge in [0.25, 0.3) is 0 Å². The molecule has 5 heteroatoms. The van der Waals surface area contributed by atoms with Crippen LogP contribution >= 0.6 is 0 Å². The van der Waals surface area contributed by atoms with E-state index in [1.54, 1.807) is 0 Å². The van der Waals surface area contributed by atoms with Crippen LogP contribution in [-0.2, 0) is 4.79 Å². The van der Waals surface area contributed by atoms with Crippen LogP contribution in [0, 0.1) is 0 Å². The van der Waals surface area contributed by atoms with Gasteiger partial charge < -0.3 is 16.0 Å². The van der Waals surface area contributed by atoms with Crippen molar-refractivity contribution in [3.05, 3.63) is 0 Å². The number of hydrogen-bond donors (Lipinski definition) is 2. The number of amides is 1. The van der Waals surface area contributed by atoms with Crippen molar-refractivity contribution in [2.24, 2.45) is 5.73 Å². The third-order valence-corrected chi connectivity index (χ3v) is 3.98. The predicted molar refractivity (Wildman–Crippen MR) is 79.0 cm³/mol. The Morgan fingerprint density at radius 2 is 2.00 bits per heavy atom. The number of piperidine rings is 1. The lowest BCUT2D eigenvalue weighted by molar-refractivity contribution is -0.122. The highest BCUT2D eigenvalue weighted by Gasteiger charge is 2.26. The second kappa shape index (κ2) is 7.82. The quantitative estimate of drug-likeness (QED) is 0.726. The van der Waals surface area contributed by atoms with Gasteiger partial charge in [0.05, 0.1) is 0 Å². The molecule has 1 rings (SSSR count). The summed E-state index contributed by atoms with van der Waals surface area (Å²) in [6, 6.07) is 0.892. The van der Waals surface area contributed by atoms with Crippen LogP contribution in [0.15, 0.2) is 0 Å². The zero-order valence-corrected chi connectivity index (χ0v) is 12.9. The maximum Gasteiger partial charge on any atom is 0.221 e. The maximum atomic E-state index is 11.9. The van der Waals surface area contributed by atoms with Crippen molar-refractivity contribution < 1.29 is 4.79 Å². The summed E-state index contributed by atoms with van der Waals surface area (Å²) in [6.07, 6.45) is 2.82. The molecule has 1 unspecified atom stereocenters. The highest BCUT2D eigenvalue weighted by atomic mass is 16.1. The molecule has 1 heterocycles. The fourth-order valence-corrected chi connectivity index (χ4v) is 2.69. The molecule has 0 spiro atoms. The van der Waals surface area contributed by atoms with E-state index in [0.717, 1.165) is 25.9 Å². The van der Waals surface area contributed by atoms with Gasteiger partial charge in [0.15, 0.2) is 0 Å². The molecule has 112 valence electrons. The standard InChI is InChI=1S/C14H30N4O/c1-11(2)16-14(19)9-13(10-15)18(4)12-5-7-17(3)8-6-12/h11-13H,5-10,15H2,1-4H3,(H,16,19). The van der Waals surface area contributed by atoms with E-state index in [2.05, 4.69) is 29.2 Å². The summed E-state index contributed by atoms with van der Waals surface area (Å²) >= 11 is 0. The van der Waals surface area contributed by atoms with Gasteiger partial charge in [-0.15, -0.1) is 0 Å². The smallest absolute Gasteiger partial charge is 0.221 e. The van der Waals surface area contributed by atoms with Crippen molar-refractivity contribution in [2.75, 3.05) is 33.7 Å². The Morgan fingerprint density at radius 3 is 2.47 bits per heavy atom. The van der Waals surface area contributed by atoms with E-state index in [1.165, 1.54) is 0 Å². The van der Waals surface area contributed by atoms with Crippen molar-refractivity contribution in [2.45, 2.75) is 51.2 Å². The van der Waals surface area contributed by atoms with Gasteiger partial charge in [-0.3, -0.25) is 9.69 Å². The van der Waals surface area contributed by atoms with Crippen LogP contribution in [0.2, 0.25) is 0 Å². The Kier molecular flexibility index (Phi) is 6.75.